The van der Waals surface area contributed by atoms with Gasteiger partial charge >= 0.3 is 0 Å². The van der Waals surface area contributed by atoms with E-state index < -0.39 is 0 Å². The van der Waals surface area contributed by atoms with Crippen molar-refractivity contribution in [2.75, 3.05) is 36.9 Å². The summed E-state index contributed by atoms with van der Waals surface area (Å²) >= 11 is 0. The number of morpholine rings is 1. The third-order valence-electron chi connectivity index (χ3n) is 3.79. The average molecular weight is 285 g/mol. The Bertz CT molecular complexity index is 876. The van der Waals surface area contributed by atoms with Crippen molar-refractivity contribution in [2.24, 2.45) is 0 Å². The molecule has 1 aromatic carbocycles. The van der Waals surface area contributed by atoms with Crippen molar-refractivity contribution in [3.05, 3.63) is 34.6 Å². The van der Waals surface area contributed by atoms with E-state index in [0.717, 1.165) is 11.0 Å². The molecule has 0 bridgehead atoms. The molecule has 0 unspecified atom stereocenters. The van der Waals surface area contributed by atoms with Crippen molar-refractivity contribution in [1.82, 2.24) is 14.4 Å². The van der Waals surface area contributed by atoms with E-state index in [1.165, 1.54) is 0 Å². The number of nitrogens with one attached hydrogen (secondary N) is 1. The van der Waals surface area contributed by atoms with E-state index in [2.05, 4.69) is 14.9 Å². The molecule has 7 heteroatoms. The molecular formula is C14H15N5O2. The standard InChI is InChI=1S/C14H15N5O2/c15-11-12(20)17-14-16-9-3-1-2-4-10(9)19(14)13(11)18-5-7-21-8-6-18/h1-4H,5-8,15H2,(H,16,17,20). The highest BCUT2D eigenvalue weighted by atomic mass is 16.5. The lowest BCUT2D eigenvalue weighted by Gasteiger charge is -2.30. The Morgan fingerprint density at radius 2 is 2.00 bits per heavy atom. The fraction of sp³-hybridized carbons (Fsp3) is 0.286. The summed E-state index contributed by atoms with van der Waals surface area (Å²) in [6.45, 7) is 2.66. The number of aromatic nitrogens is 3. The van der Waals surface area contributed by atoms with Crippen LogP contribution in [0, 0.1) is 0 Å². The Labute approximate surface area is 119 Å². The number of H-pyrrole nitrogens is 1. The number of nitrogens with two attached hydrogens (primary N) is 1. The highest BCUT2D eigenvalue weighted by Crippen LogP contribution is 2.26. The first-order valence-electron chi connectivity index (χ1n) is 6.87. The van der Waals surface area contributed by atoms with E-state index in [1.54, 1.807) is 0 Å². The fourth-order valence-corrected chi connectivity index (χ4v) is 2.80. The first kappa shape index (κ1) is 12.2. The zero-order chi connectivity index (χ0) is 14.4. The van der Waals surface area contributed by atoms with Gasteiger partial charge in [0.25, 0.3) is 5.56 Å². The number of nitrogens with zero attached hydrogens (tertiary/aromatic N) is 3. The molecule has 1 aliphatic rings. The number of anilines is 2. The van der Waals surface area contributed by atoms with Gasteiger partial charge in [-0.2, -0.15) is 0 Å². The van der Waals surface area contributed by atoms with Crippen molar-refractivity contribution in [3.63, 3.8) is 0 Å². The summed E-state index contributed by atoms with van der Waals surface area (Å²) in [6, 6.07) is 7.75. The first-order valence-corrected chi connectivity index (χ1v) is 6.87. The molecule has 3 N–H and O–H groups in total. The van der Waals surface area contributed by atoms with Crippen LogP contribution in [0.5, 0.6) is 0 Å². The van der Waals surface area contributed by atoms with Crippen LogP contribution in [0.4, 0.5) is 11.5 Å². The molecule has 7 nitrogen and oxygen atoms in total. The van der Waals surface area contributed by atoms with E-state index >= 15 is 0 Å². The summed E-state index contributed by atoms with van der Waals surface area (Å²) in [5.74, 6) is 1.21. The third kappa shape index (κ3) is 1.78. The number of nitrogen functional groups attached to an aromatic ring is 1. The van der Waals surface area contributed by atoms with E-state index in [9.17, 15) is 4.79 Å². The molecule has 1 fully saturated rings. The van der Waals surface area contributed by atoms with Crippen molar-refractivity contribution in [3.8, 4) is 0 Å². The topological polar surface area (TPSA) is 88.6 Å². The number of imidazole rings is 1. The van der Waals surface area contributed by atoms with Gasteiger partial charge in [-0.1, -0.05) is 12.1 Å². The summed E-state index contributed by atoms with van der Waals surface area (Å²) in [5.41, 5.74) is 7.72. The number of hydrogen-bond donors (Lipinski definition) is 2. The lowest BCUT2D eigenvalue weighted by Crippen LogP contribution is -2.39. The van der Waals surface area contributed by atoms with Gasteiger partial charge in [0.2, 0.25) is 5.78 Å². The summed E-state index contributed by atoms with van der Waals surface area (Å²) < 4.78 is 7.29. The van der Waals surface area contributed by atoms with Gasteiger partial charge in [0.05, 0.1) is 24.2 Å². The molecule has 0 aliphatic carbocycles. The predicted octanol–water partition coefficient (Wildman–Crippen LogP) is 0.595. The maximum absolute atomic E-state index is 12.1. The highest BCUT2D eigenvalue weighted by Gasteiger charge is 2.21. The van der Waals surface area contributed by atoms with Gasteiger partial charge in [0.15, 0.2) is 0 Å². The van der Waals surface area contributed by atoms with Gasteiger partial charge in [-0.05, 0) is 12.1 Å². The van der Waals surface area contributed by atoms with Crippen LogP contribution in [0.3, 0.4) is 0 Å². The second-order valence-corrected chi connectivity index (χ2v) is 5.05. The van der Waals surface area contributed by atoms with Gasteiger partial charge in [-0.25, -0.2) is 4.98 Å². The lowest BCUT2D eigenvalue weighted by atomic mass is 10.3. The highest BCUT2D eigenvalue weighted by molar-refractivity contribution is 5.83. The number of hydrogen-bond acceptors (Lipinski definition) is 5. The number of ether oxygens (including phenoxy) is 1. The molecule has 0 radical (unpaired) electrons. The van der Waals surface area contributed by atoms with Crippen LogP contribution in [0.25, 0.3) is 16.8 Å². The van der Waals surface area contributed by atoms with Crippen molar-refractivity contribution >= 4 is 28.3 Å². The summed E-state index contributed by atoms with van der Waals surface area (Å²) in [6.07, 6.45) is 0. The van der Waals surface area contributed by atoms with Crippen molar-refractivity contribution < 1.29 is 4.74 Å². The molecule has 2 aromatic heterocycles. The molecule has 1 aliphatic heterocycles. The minimum absolute atomic E-state index is 0.215. The largest absolute Gasteiger partial charge is 0.391 e. The monoisotopic (exact) mass is 285 g/mol. The van der Waals surface area contributed by atoms with Gasteiger partial charge in [0, 0.05) is 13.1 Å². The third-order valence-corrected chi connectivity index (χ3v) is 3.79. The van der Waals surface area contributed by atoms with E-state index in [0.29, 0.717) is 37.9 Å². The maximum Gasteiger partial charge on any atom is 0.277 e. The van der Waals surface area contributed by atoms with Crippen LogP contribution in [-0.4, -0.2) is 40.7 Å². The lowest BCUT2D eigenvalue weighted by molar-refractivity contribution is 0.122. The van der Waals surface area contributed by atoms with Gasteiger partial charge in [-0.3, -0.25) is 14.2 Å². The van der Waals surface area contributed by atoms with E-state index in [-0.39, 0.29) is 11.2 Å². The molecule has 0 atom stereocenters. The molecule has 0 amide bonds. The number of fused-ring (bicyclic) bond motifs is 3. The molecule has 0 spiro atoms. The van der Waals surface area contributed by atoms with Gasteiger partial charge < -0.3 is 15.4 Å². The van der Waals surface area contributed by atoms with E-state index in [4.69, 9.17) is 10.5 Å². The Morgan fingerprint density at radius 3 is 2.81 bits per heavy atom. The maximum atomic E-state index is 12.1. The minimum Gasteiger partial charge on any atom is -0.391 e. The first-order chi connectivity index (χ1) is 10.3. The normalized spacial score (nSPS) is 15.9. The molecule has 108 valence electrons. The molecule has 0 saturated carbocycles. The zero-order valence-electron chi connectivity index (χ0n) is 11.4. The minimum atomic E-state index is -0.306. The number of benzene rings is 1. The number of rotatable bonds is 1. The quantitative estimate of drug-likeness (QED) is 0.683. The summed E-state index contributed by atoms with van der Waals surface area (Å²) in [7, 11) is 0. The zero-order valence-corrected chi connectivity index (χ0v) is 11.4. The molecule has 3 heterocycles. The van der Waals surface area contributed by atoms with Crippen LogP contribution in [0.2, 0.25) is 0 Å². The summed E-state index contributed by atoms with van der Waals surface area (Å²) in [4.78, 5) is 21.4. The van der Waals surface area contributed by atoms with Crippen LogP contribution in [-0.2, 0) is 4.74 Å². The summed E-state index contributed by atoms with van der Waals surface area (Å²) in [5, 5.41) is 0. The van der Waals surface area contributed by atoms with Crippen LogP contribution in [0.15, 0.2) is 29.1 Å². The van der Waals surface area contributed by atoms with E-state index in [1.807, 2.05) is 28.7 Å². The van der Waals surface area contributed by atoms with Crippen LogP contribution >= 0.6 is 0 Å². The van der Waals surface area contributed by atoms with Gasteiger partial charge in [-0.15, -0.1) is 0 Å². The molecule has 1 saturated heterocycles. The number of para-hydroxylation sites is 2. The second kappa shape index (κ2) is 4.49. The van der Waals surface area contributed by atoms with Crippen LogP contribution < -0.4 is 16.2 Å². The second-order valence-electron chi connectivity index (χ2n) is 5.05. The van der Waals surface area contributed by atoms with Crippen molar-refractivity contribution in [2.45, 2.75) is 0 Å². The average Bonchev–Trinajstić information content (AvgIpc) is 2.87. The Kier molecular flexibility index (Phi) is 2.61. The Hall–Kier alpha value is -2.54. The van der Waals surface area contributed by atoms with Crippen LogP contribution in [0.1, 0.15) is 0 Å². The predicted molar refractivity (Wildman–Crippen MR) is 80.8 cm³/mol. The SMILES string of the molecule is Nc1c(N2CCOCC2)n2c(nc3ccccc32)[nH]c1=O. The number of aromatic amines is 1. The molecule has 21 heavy (non-hydrogen) atoms. The smallest absolute Gasteiger partial charge is 0.277 e. The van der Waals surface area contributed by atoms with Gasteiger partial charge in [0.1, 0.15) is 11.5 Å². The molecular weight excluding hydrogens is 270 g/mol. The Morgan fingerprint density at radius 1 is 1.24 bits per heavy atom. The van der Waals surface area contributed by atoms with Crippen molar-refractivity contribution in [1.29, 1.82) is 0 Å². The molecule has 4 rings (SSSR count). The molecule has 3 aromatic rings. The fourth-order valence-electron chi connectivity index (χ4n) is 2.80. The Balaban J connectivity index is 2.10.